The Morgan fingerprint density at radius 1 is 0.850 bits per heavy atom. The second-order valence-electron chi connectivity index (χ2n) is 5.50. The van der Waals surface area contributed by atoms with Crippen molar-refractivity contribution in [3.8, 4) is 0 Å². The molecule has 0 aliphatic heterocycles. The van der Waals surface area contributed by atoms with E-state index in [1.165, 1.54) is 38.5 Å². The summed E-state index contributed by atoms with van der Waals surface area (Å²) in [5, 5.41) is 10.0. The molecule has 1 atom stereocenters. The Bertz CT molecular complexity index is 335. The van der Waals surface area contributed by atoms with Gasteiger partial charge in [0.25, 0.3) is 0 Å². The fourth-order valence-corrected chi connectivity index (χ4v) is 2.47. The van der Waals surface area contributed by atoms with Crippen LogP contribution in [0.1, 0.15) is 75.9 Å². The number of aliphatic hydroxyl groups excluding tert-OH is 1. The molecule has 1 unspecified atom stereocenters. The molecule has 0 spiro atoms. The Morgan fingerprint density at radius 3 is 2.00 bits per heavy atom. The molecule has 0 amide bonds. The maximum absolute atomic E-state index is 10.1. The summed E-state index contributed by atoms with van der Waals surface area (Å²) in [5.74, 6) is 0. The van der Waals surface area contributed by atoms with Gasteiger partial charge < -0.3 is 9.90 Å². The average Bonchev–Trinajstić information content (AvgIpc) is 2.50. The molecule has 20 heavy (non-hydrogen) atoms. The molecule has 1 N–H and O–H groups in total. The molecule has 0 heterocycles. The van der Waals surface area contributed by atoms with Gasteiger partial charge in [-0.2, -0.15) is 0 Å². The number of benzene rings is 1. The monoisotopic (exact) mass is 276 g/mol. The van der Waals surface area contributed by atoms with Crippen molar-refractivity contribution in [1.29, 1.82) is 0 Å². The third kappa shape index (κ3) is 8.11. The summed E-state index contributed by atoms with van der Waals surface area (Å²) in [5.41, 5.74) is 1.03. The van der Waals surface area contributed by atoms with Crippen LogP contribution in [0.4, 0.5) is 0 Å². The highest BCUT2D eigenvalue weighted by Crippen LogP contribution is 2.19. The van der Waals surface area contributed by atoms with Crippen molar-refractivity contribution in [3.05, 3.63) is 35.9 Å². The molecule has 0 aromatic heterocycles. The zero-order valence-electron chi connectivity index (χ0n) is 12.5. The van der Waals surface area contributed by atoms with E-state index in [1.54, 1.807) is 0 Å². The minimum absolute atomic E-state index is 0.306. The maximum Gasteiger partial charge on any atom is 0.119 e. The molecule has 0 aliphatic carbocycles. The number of carbonyl (C=O) groups excluding carboxylic acids is 1. The average molecular weight is 276 g/mol. The SMILES string of the molecule is O=CCCCCCCCCCCC(O)c1ccccc1. The molecule has 2 nitrogen and oxygen atoms in total. The third-order valence-corrected chi connectivity index (χ3v) is 3.73. The van der Waals surface area contributed by atoms with Crippen molar-refractivity contribution in [2.24, 2.45) is 0 Å². The minimum atomic E-state index is -0.306. The first-order valence-electron chi connectivity index (χ1n) is 8.01. The van der Waals surface area contributed by atoms with Crippen LogP contribution >= 0.6 is 0 Å². The molecule has 112 valence electrons. The van der Waals surface area contributed by atoms with Crippen LogP contribution in [0.3, 0.4) is 0 Å². The van der Waals surface area contributed by atoms with Crippen molar-refractivity contribution < 1.29 is 9.90 Å². The molecule has 0 bridgehead atoms. The summed E-state index contributed by atoms with van der Waals surface area (Å²) in [6.07, 6.45) is 11.9. The number of unbranched alkanes of at least 4 members (excludes halogenated alkanes) is 8. The van der Waals surface area contributed by atoms with Crippen molar-refractivity contribution >= 4 is 6.29 Å². The van der Waals surface area contributed by atoms with Gasteiger partial charge >= 0.3 is 0 Å². The van der Waals surface area contributed by atoms with Gasteiger partial charge in [-0.05, 0) is 18.4 Å². The number of rotatable bonds is 12. The van der Waals surface area contributed by atoms with E-state index in [9.17, 15) is 9.90 Å². The van der Waals surface area contributed by atoms with Gasteiger partial charge in [0.1, 0.15) is 6.29 Å². The largest absolute Gasteiger partial charge is 0.388 e. The van der Waals surface area contributed by atoms with Crippen molar-refractivity contribution in [3.63, 3.8) is 0 Å². The first-order chi connectivity index (χ1) is 9.84. The minimum Gasteiger partial charge on any atom is -0.388 e. The summed E-state index contributed by atoms with van der Waals surface area (Å²) >= 11 is 0. The van der Waals surface area contributed by atoms with Crippen LogP contribution in [0.5, 0.6) is 0 Å². The van der Waals surface area contributed by atoms with Crippen LogP contribution in [0.2, 0.25) is 0 Å². The third-order valence-electron chi connectivity index (χ3n) is 3.73. The van der Waals surface area contributed by atoms with E-state index >= 15 is 0 Å². The lowest BCUT2D eigenvalue weighted by molar-refractivity contribution is -0.107. The Morgan fingerprint density at radius 2 is 1.40 bits per heavy atom. The number of aliphatic hydroxyl groups is 1. The Hall–Kier alpha value is -1.15. The molecule has 0 fully saturated rings. The van der Waals surface area contributed by atoms with Crippen LogP contribution in [-0.2, 0) is 4.79 Å². The van der Waals surface area contributed by atoms with Crippen molar-refractivity contribution in [2.45, 2.75) is 70.3 Å². The second-order valence-corrected chi connectivity index (χ2v) is 5.50. The fraction of sp³-hybridized carbons (Fsp3) is 0.611. The van der Waals surface area contributed by atoms with E-state index in [4.69, 9.17) is 0 Å². The van der Waals surface area contributed by atoms with E-state index in [0.717, 1.165) is 37.5 Å². The van der Waals surface area contributed by atoms with Crippen LogP contribution in [-0.4, -0.2) is 11.4 Å². The van der Waals surface area contributed by atoms with Crippen LogP contribution < -0.4 is 0 Å². The lowest BCUT2D eigenvalue weighted by atomic mass is 10.0. The summed E-state index contributed by atoms with van der Waals surface area (Å²) in [7, 11) is 0. The van der Waals surface area contributed by atoms with Crippen molar-refractivity contribution in [2.75, 3.05) is 0 Å². The predicted octanol–water partition coefficient (Wildman–Crippen LogP) is 4.82. The van der Waals surface area contributed by atoms with Gasteiger partial charge in [-0.1, -0.05) is 75.3 Å². The fourth-order valence-electron chi connectivity index (χ4n) is 2.47. The number of carbonyl (C=O) groups is 1. The van der Waals surface area contributed by atoms with E-state index < -0.39 is 0 Å². The van der Waals surface area contributed by atoms with Gasteiger partial charge in [-0.3, -0.25) is 0 Å². The van der Waals surface area contributed by atoms with Gasteiger partial charge in [-0.15, -0.1) is 0 Å². The van der Waals surface area contributed by atoms with Gasteiger partial charge in [-0.25, -0.2) is 0 Å². The highest BCUT2D eigenvalue weighted by atomic mass is 16.3. The normalized spacial score (nSPS) is 12.2. The van der Waals surface area contributed by atoms with Crippen molar-refractivity contribution in [1.82, 2.24) is 0 Å². The lowest BCUT2D eigenvalue weighted by Crippen LogP contribution is -1.96. The molecular weight excluding hydrogens is 248 g/mol. The maximum atomic E-state index is 10.1. The van der Waals surface area contributed by atoms with Crippen LogP contribution in [0, 0.1) is 0 Å². The molecule has 1 aromatic rings. The van der Waals surface area contributed by atoms with Gasteiger partial charge in [0.05, 0.1) is 6.10 Å². The topological polar surface area (TPSA) is 37.3 Å². The predicted molar refractivity (Wildman–Crippen MR) is 83.6 cm³/mol. The molecule has 0 aliphatic rings. The quantitative estimate of drug-likeness (QED) is 0.439. The zero-order valence-corrected chi connectivity index (χ0v) is 12.5. The summed E-state index contributed by atoms with van der Waals surface area (Å²) in [6, 6.07) is 9.91. The smallest absolute Gasteiger partial charge is 0.119 e. The number of aldehydes is 1. The molecular formula is C18H28O2. The molecule has 0 saturated carbocycles. The lowest BCUT2D eigenvalue weighted by Gasteiger charge is -2.10. The Labute approximate surface area is 123 Å². The first-order valence-corrected chi connectivity index (χ1v) is 8.01. The standard InChI is InChI=1S/C18H28O2/c19-16-12-7-5-3-1-2-4-6-11-15-18(20)17-13-9-8-10-14-17/h8-10,13-14,16,18,20H,1-7,11-12,15H2. The number of hydrogen-bond acceptors (Lipinski definition) is 2. The van der Waals surface area contributed by atoms with Crippen LogP contribution in [0.25, 0.3) is 0 Å². The summed E-state index contributed by atoms with van der Waals surface area (Å²) < 4.78 is 0. The zero-order chi connectivity index (χ0) is 14.5. The number of hydrogen-bond donors (Lipinski definition) is 1. The molecule has 2 heteroatoms. The molecule has 0 saturated heterocycles. The Kier molecular flexibility index (Phi) is 9.85. The molecule has 0 radical (unpaired) electrons. The van der Waals surface area contributed by atoms with Gasteiger partial charge in [0.2, 0.25) is 0 Å². The molecule has 1 rings (SSSR count). The van der Waals surface area contributed by atoms with E-state index in [1.807, 2.05) is 30.3 Å². The summed E-state index contributed by atoms with van der Waals surface area (Å²) in [6.45, 7) is 0. The molecule has 1 aromatic carbocycles. The van der Waals surface area contributed by atoms with Crippen LogP contribution in [0.15, 0.2) is 30.3 Å². The summed E-state index contributed by atoms with van der Waals surface area (Å²) in [4.78, 5) is 10.1. The van der Waals surface area contributed by atoms with E-state index in [2.05, 4.69) is 0 Å². The highest BCUT2D eigenvalue weighted by Gasteiger charge is 2.05. The Balaban J connectivity index is 1.91. The van der Waals surface area contributed by atoms with E-state index in [0.29, 0.717) is 0 Å². The first kappa shape index (κ1) is 16.9. The highest BCUT2D eigenvalue weighted by molar-refractivity contribution is 5.48. The second kappa shape index (κ2) is 11.7. The van der Waals surface area contributed by atoms with E-state index in [-0.39, 0.29) is 6.10 Å². The van der Waals surface area contributed by atoms with Gasteiger partial charge in [0.15, 0.2) is 0 Å². The van der Waals surface area contributed by atoms with Gasteiger partial charge in [0, 0.05) is 6.42 Å².